The number of hydrogen-bond acceptors (Lipinski definition) is 7. The molecule has 0 heterocycles. The maximum absolute atomic E-state index is 12.8. The molecule has 2 atom stereocenters. The van der Waals surface area contributed by atoms with E-state index in [1.165, 1.54) is 231 Å². The quantitative estimate of drug-likeness (QED) is 0.0211. The van der Waals surface area contributed by atoms with E-state index in [0.29, 0.717) is 23.9 Å². The Morgan fingerprint density at radius 2 is 0.692 bits per heavy atom. The maximum atomic E-state index is 12.8. The van der Waals surface area contributed by atoms with Gasteiger partial charge in [-0.1, -0.05) is 307 Å². The number of esters is 2. The fraction of sp³-hybridized carbons (Fsp3) is 0.882. The standard InChI is InChI=1S/C68H130NO8P/c1-6-8-10-12-14-16-18-20-22-24-26-27-28-29-30-31-32-33-34-35-36-37-38-39-40-41-43-44-46-48-50-52-54-56-58-60-67(70)74-64-66(65-76-78(72,73)75-63-62-69(3,4)5)77-68(71)61-59-57-55-53-51-49-47-45-42-25-23-21-19-17-15-13-11-9-7-2/h15,17,21,23,42,45,66H,6-14,16,18-20,22,24-41,43-44,46-65H2,1-5H3/p+1/b17-15-,23-21-,45-42-. The van der Waals surface area contributed by atoms with Crippen LogP contribution in [0.3, 0.4) is 0 Å². The third kappa shape index (κ3) is 63.4. The van der Waals surface area contributed by atoms with Crippen molar-refractivity contribution < 1.29 is 42.1 Å². The van der Waals surface area contributed by atoms with Gasteiger partial charge in [-0.2, -0.15) is 0 Å². The Balaban J connectivity index is 3.95. The molecule has 0 radical (unpaired) electrons. The van der Waals surface area contributed by atoms with Gasteiger partial charge in [-0.3, -0.25) is 18.6 Å². The van der Waals surface area contributed by atoms with Crippen LogP contribution in [0.15, 0.2) is 36.5 Å². The van der Waals surface area contributed by atoms with Crippen molar-refractivity contribution in [3.05, 3.63) is 36.5 Å². The highest BCUT2D eigenvalue weighted by Gasteiger charge is 2.27. The van der Waals surface area contributed by atoms with Gasteiger partial charge >= 0.3 is 19.8 Å². The van der Waals surface area contributed by atoms with Gasteiger partial charge in [0.1, 0.15) is 19.8 Å². The van der Waals surface area contributed by atoms with Crippen molar-refractivity contribution in [1.82, 2.24) is 0 Å². The lowest BCUT2D eigenvalue weighted by atomic mass is 10.0. The topological polar surface area (TPSA) is 108 Å². The molecule has 2 unspecified atom stereocenters. The normalized spacial score (nSPS) is 13.4. The summed E-state index contributed by atoms with van der Waals surface area (Å²) >= 11 is 0. The zero-order valence-corrected chi connectivity index (χ0v) is 53.3. The number of unbranched alkanes of at least 4 members (excludes halogenated alkanes) is 43. The lowest BCUT2D eigenvalue weighted by Gasteiger charge is -2.24. The molecule has 9 nitrogen and oxygen atoms in total. The van der Waals surface area contributed by atoms with E-state index in [0.717, 1.165) is 70.6 Å². The highest BCUT2D eigenvalue weighted by molar-refractivity contribution is 7.47. The van der Waals surface area contributed by atoms with Crippen molar-refractivity contribution in [2.45, 2.75) is 341 Å². The van der Waals surface area contributed by atoms with Crippen molar-refractivity contribution in [2.24, 2.45) is 0 Å². The smallest absolute Gasteiger partial charge is 0.462 e. The van der Waals surface area contributed by atoms with Gasteiger partial charge < -0.3 is 18.9 Å². The largest absolute Gasteiger partial charge is 0.472 e. The number of ether oxygens (including phenoxy) is 2. The number of quaternary nitrogens is 1. The Morgan fingerprint density at radius 1 is 0.397 bits per heavy atom. The highest BCUT2D eigenvalue weighted by Crippen LogP contribution is 2.43. The SMILES string of the molecule is CCCCC/C=C\C/C=C\C/C=C\CCCCCCCCC(=O)OC(COC(=O)CCCCCCCCCCCCCCCCCCCCCCCCCCCCCCCCCCCCC)COP(=O)(O)OCC[N+](C)(C)C. The minimum atomic E-state index is -4.39. The average molecular weight is 1120 g/mol. The summed E-state index contributed by atoms with van der Waals surface area (Å²) in [5.41, 5.74) is 0. The summed E-state index contributed by atoms with van der Waals surface area (Å²) in [4.78, 5) is 35.8. The Hall–Kier alpha value is -1.77. The fourth-order valence-electron chi connectivity index (χ4n) is 9.97. The van der Waals surface area contributed by atoms with Crippen molar-refractivity contribution in [3.63, 3.8) is 0 Å². The number of allylic oxidation sites excluding steroid dienone is 6. The van der Waals surface area contributed by atoms with Gasteiger partial charge in [0.05, 0.1) is 27.7 Å². The minimum absolute atomic E-state index is 0.0301. The molecule has 0 bridgehead atoms. The van der Waals surface area contributed by atoms with Gasteiger partial charge in [0.25, 0.3) is 0 Å². The first-order chi connectivity index (χ1) is 38.0. The van der Waals surface area contributed by atoms with Gasteiger partial charge in [-0.15, -0.1) is 0 Å². The lowest BCUT2D eigenvalue weighted by molar-refractivity contribution is -0.870. The van der Waals surface area contributed by atoms with Crippen LogP contribution in [-0.4, -0.2) is 74.9 Å². The number of likely N-dealkylation sites (N-methyl/N-ethyl adjacent to an activating group) is 1. The van der Waals surface area contributed by atoms with E-state index in [9.17, 15) is 19.0 Å². The minimum Gasteiger partial charge on any atom is -0.462 e. The second-order valence-corrected chi connectivity index (χ2v) is 25.7. The summed E-state index contributed by atoms with van der Waals surface area (Å²) in [5, 5.41) is 0. The molecule has 1 N–H and O–H groups in total. The number of rotatable bonds is 63. The van der Waals surface area contributed by atoms with Crippen LogP contribution in [0.1, 0.15) is 335 Å². The molecule has 0 fully saturated rings. The zero-order valence-electron chi connectivity index (χ0n) is 52.4. The number of phosphoric acid groups is 1. The molecule has 0 saturated carbocycles. The fourth-order valence-corrected chi connectivity index (χ4v) is 10.7. The zero-order chi connectivity index (χ0) is 57.0. The van der Waals surface area contributed by atoms with Crippen molar-refractivity contribution in [1.29, 1.82) is 0 Å². The molecule has 0 aromatic rings. The first kappa shape index (κ1) is 76.2. The van der Waals surface area contributed by atoms with E-state index in [4.69, 9.17) is 18.5 Å². The summed E-state index contributed by atoms with van der Waals surface area (Å²) in [6, 6.07) is 0. The number of carbonyl (C=O) groups is 2. The monoisotopic (exact) mass is 1120 g/mol. The Bertz CT molecular complexity index is 1410. The maximum Gasteiger partial charge on any atom is 0.472 e. The average Bonchev–Trinajstić information content (AvgIpc) is 3.41. The summed E-state index contributed by atoms with van der Waals surface area (Å²) in [5.74, 6) is -0.797. The van der Waals surface area contributed by atoms with E-state index >= 15 is 0 Å². The summed E-state index contributed by atoms with van der Waals surface area (Å²) < 4.78 is 34.6. The van der Waals surface area contributed by atoms with Crippen LogP contribution in [0.25, 0.3) is 0 Å². The van der Waals surface area contributed by atoms with Gasteiger partial charge in [-0.05, 0) is 51.4 Å². The third-order valence-electron chi connectivity index (χ3n) is 15.2. The van der Waals surface area contributed by atoms with Crippen molar-refractivity contribution in [2.75, 3.05) is 47.5 Å². The molecule has 0 rings (SSSR count). The summed E-state index contributed by atoms with van der Waals surface area (Å²) in [6.45, 7) is 4.44. The molecule has 460 valence electrons. The molecule has 78 heavy (non-hydrogen) atoms. The van der Waals surface area contributed by atoms with Crippen molar-refractivity contribution in [3.8, 4) is 0 Å². The highest BCUT2D eigenvalue weighted by atomic mass is 31.2. The van der Waals surface area contributed by atoms with Gasteiger partial charge in [0.2, 0.25) is 0 Å². The van der Waals surface area contributed by atoms with E-state index in [1.54, 1.807) is 0 Å². The molecule has 0 amide bonds. The van der Waals surface area contributed by atoms with Crippen LogP contribution in [0.4, 0.5) is 0 Å². The molecular formula is C68H131NO8P+. The van der Waals surface area contributed by atoms with E-state index in [1.807, 2.05) is 21.1 Å². The molecule has 0 aromatic heterocycles. The van der Waals surface area contributed by atoms with E-state index < -0.39 is 26.5 Å². The van der Waals surface area contributed by atoms with Crippen LogP contribution in [0, 0.1) is 0 Å². The summed E-state index contributed by atoms with van der Waals surface area (Å²) in [7, 11) is 1.48. The Morgan fingerprint density at radius 3 is 1.05 bits per heavy atom. The first-order valence-corrected chi connectivity index (χ1v) is 35.2. The van der Waals surface area contributed by atoms with Crippen LogP contribution < -0.4 is 0 Å². The Kier molecular flexibility index (Phi) is 58.5. The molecule has 0 aliphatic carbocycles. The third-order valence-corrected chi connectivity index (χ3v) is 16.2. The number of phosphoric ester groups is 1. The first-order valence-electron chi connectivity index (χ1n) is 33.7. The molecule has 0 aliphatic heterocycles. The van der Waals surface area contributed by atoms with E-state index in [2.05, 4.69) is 50.3 Å². The Labute approximate surface area is 484 Å². The predicted octanol–water partition coefficient (Wildman–Crippen LogP) is 21.5. The number of hydrogen-bond donors (Lipinski definition) is 1. The van der Waals surface area contributed by atoms with E-state index in [-0.39, 0.29) is 25.6 Å². The number of nitrogens with zero attached hydrogens (tertiary/aromatic N) is 1. The van der Waals surface area contributed by atoms with Gasteiger partial charge in [0.15, 0.2) is 6.10 Å². The van der Waals surface area contributed by atoms with Gasteiger partial charge in [0, 0.05) is 12.8 Å². The molecule has 0 aromatic carbocycles. The molecule has 0 spiro atoms. The summed E-state index contributed by atoms with van der Waals surface area (Å²) in [6.07, 6.45) is 75.5. The molecular weight excluding hydrogens is 990 g/mol. The molecule has 0 aliphatic rings. The molecule has 10 heteroatoms. The van der Waals surface area contributed by atoms with Gasteiger partial charge in [-0.25, -0.2) is 4.57 Å². The predicted molar refractivity (Wildman–Crippen MR) is 335 cm³/mol. The van der Waals surface area contributed by atoms with Crippen molar-refractivity contribution >= 4 is 19.8 Å². The second-order valence-electron chi connectivity index (χ2n) is 24.2. The van der Waals surface area contributed by atoms with Crippen LogP contribution in [-0.2, 0) is 32.7 Å². The van der Waals surface area contributed by atoms with Crippen LogP contribution >= 0.6 is 7.82 Å². The van der Waals surface area contributed by atoms with Crippen LogP contribution in [0.5, 0.6) is 0 Å². The lowest BCUT2D eigenvalue weighted by Crippen LogP contribution is -2.37. The molecule has 0 saturated heterocycles. The second kappa shape index (κ2) is 59.8. The van der Waals surface area contributed by atoms with Crippen LogP contribution in [0.2, 0.25) is 0 Å². The number of carbonyl (C=O) groups excluding carboxylic acids is 2.